The maximum atomic E-state index is 13.9. The van der Waals surface area contributed by atoms with Gasteiger partial charge in [0, 0.05) is 43.4 Å². The van der Waals surface area contributed by atoms with Crippen molar-refractivity contribution in [1.29, 1.82) is 0 Å². The normalized spacial score (nSPS) is 10.9. The highest BCUT2D eigenvalue weighted by Crippen LogP contribution is 2.19. The minimum Gasteiger partial charge on any atom is -0.356 e. The third-order valence-electron chi connectivity index (χ3n) is 4.48. The Morgan fingerprint density at radius 3 is 2.75 bits per heavy atom. The summed E-state index contributed by atoms with van der Waals surface area (Å²) in [6.07, 6.45) is 3.37. The van der Waals surface area contributed by atoms with Gasteiger partial charge in [0.2, 0.25) is 5.91 Å². The first-order valence-corrected chi connectivity index (χ1v) is 10.6. The Kier molecular flexibility index (Phi) is 8.70. The van der Waals surface area contributed by atoms with Crippen LogP contribution in [0.5, 0.6) is 0 Å². The molecule has 0 bridgehead atoms. The zero-order valence-corrected chi connectivity index (χ0v) is 17.6. The Hall–Kier alpha value is -2.15. The van der Waals surface area contributed by atoms with E-state index in [1.54, 1.807) is 32.2 Å². The lowest BCUT2D eigenvalue weighted by molar-refractivity contribution is -0.121. The lowest BCUT2D eigenvalue weighted by Gasteiger charge is -2.12. The van der Waals surface area contributed by atoms with Crippen molar-refractivity contribution >= 4 is 17.7 Å². The number of aryl methyl sites for hydroxylation is 1. The molecule has 0 fully saturated rings. The fourth-order valence-electron chi connectivity index (χ4n) is 2.80. The maximum absolute atomic E-state index is 13.9. The van der Waals surface area contributed by atoms with Crippen LogP contribution in [-0.4, -0.2) is 27.8 Å². The van der Waals surface area contributed by atoms with Crippen LogP contribution in [-0.2, 0) is 18.3 Å². The van der Waals surface area contributed by atoms with Gasteiger partial charge in [-0.15, -0.1) is 0 Å². The van der Waals surface area contributed by atoms with E-state index in [0.29, 0.717) is 28.4 Å². The molecule has 0 saturated carbocycles. The summed E-state index contributed by atoms with van der Waals surface area (Å²) in [7, 11) is 1.69. The summed E-state index contributed by atoms with van der Waals surface area (Å²) in [5, 5.41) is 3.51. The van der Waals surface area contributed by atoms with Crippen molar-refractivity contribution < 1.29 is 9.18 Å². The fourth-order valence-corrected chi connectivity index (χ4v) is 3.81. The first kappa shape index (κ1) is 22.1. The third kappa shape index (κ3) is 6.19. The molecule has 1 aromatic carbocycles. The molecular weight excluding hydrogens is 377 g/mol. The van der Waals surface area contributed by atoms with E-state index in [1.165, 1.54) is 22.4 Å². The second kappa shape index (κ2) is 11.0. The Bertz CT molecular complexity index is 867. The van der Waals surface area contributed by atoms with Gasteiger partial charge in [0.25, 0.3) is 5.56 Å². The van der Waals surface area contributed by atoms with Crippen molar-refractivity contribution in [1.82, 2.24) is 14.9 Å². The van der Waals surface area contributed by atoms with Crippen LogP contribution in [0.3, 0.4) is 0 Å². The number of benzene rings is 1. The molecule has 2 rings (SSSR count). The van der Waals surface area contributed by atoms with Gasteiger partial charge in [-0.25, -0.2) is 9.37 Å². The number of carbonyl (C=O) groups is 1. The molecule has 0 aliphatic heterocycles. The zero-order chi connectivity index (χ0) is 20.5. The number of hydrogen-bond acceptors (Lipinski definition) is 4. The smallest absolute Gasteiger partial charge is 0.257 e. The predicted octanol–water partition coefficient (Wildman–Crippen LogP) is 3.61. The number of rotatable bonds is 10. The van der Waals surface area contributed by atoms with Gasteiger partial charge >= 0.3 is 0 Å². The Labute approximate surface area is 169 Å². The van der Waals surface area contributed by atoms with Crippen LogP contribution in [0.1, 0.15) is 49.4 Å². The van der Waals surface area contributed by atoms with E-state index in [0.717, 1.165) is 31.6 Å². The summed E-state index contributed by atoms with van der Waals surface area (Å²) in [5.41, 5.74) is 1.50. The van der Waals surface area contributed by atoms with Gasteiger partial charge < -0.3 is 5.32 Å². The molecule has 0 aliphatic carbocycles. The molecule has 7 heteroatoms. The number of thioether (sulfide) groups is 1. The van der Waals surface area contributed by atoms with Gasteiger partial charge in [0.1, 0.15) is 5.82 Å². The van der Waals surface area contributed by atoms with E-state index < -0.39 is 0 Å². The third-order valence-corrected chi connectivity index (χ3v) is 5.59. The van der Waals surface area contributed by atoms with Crippen LogP contribution in [0.15, 0.2) is 34.2 Å². The quantitative estimate of drug-likeness (QED) is 0.373. The number of nitrogens with zero attached hydrogens (tertiary/aromatic N) is 2. The highest BCUT2D eigenvalue weighted by molar-refractivity contribution is 7.99. The summed E-state index contributed by atoms with van der Waals surface area (Å²) in [6.45, 7) is 4.54. The van der Waals surface area contributed by atoms with Crippen LogP contribution in [0, 0.1) is 12.7 Å². The average Bonchev–Trinajstić information content (AvgIpc) is 2.68. The summed E-state index contributed by atoms with van der Waals surface area (Å²) in [6, 6.07) is 6.48. The van der Waals surface area contributed by atoms with Crippen LogP contribution in [0.4, 0.5) is 4.39 Å². The van der Waals surface area contributed by atoms with Gasteiger partial charge in [-0.05, 0) is 37.8 Å². The molecule has 1 N–H and O–H groups in total. The SMILES string of the molecule is CCCNC(=O)CCCCSc1nc(C)c(Cc2ccccc2F)c(=O)n1C. The van der Waals surface area contributed by atoms with Crippen LogP contribution in [0.25, 0.3) is 0 Å². The molecule has 0 atom stereocenters. The van der Waals surface area contributed by atoms with Crippen LogP contribution >= 0.6 is 11.8 Å². The number of unbranched alkanes of at least 4 members (excludes halogenated alkanes) is 1. The number of hydrogen-bond donors (Lipinski definition) is 1. The molecule has 1 amide bonds. The van der Waals surface area contributed by atoms with Crippen molar-refractivity contribution in [2.75, 3.05) is 12.3 Å². The van der Waals surface area contributed by atoms with Crippen LogP contribution < -0.4 is 10.9 Å². The highest BCUT2D eigenvalue weighted by Gasteiger charge is 2.14. The van der Waals surface area contributed by atoms with Crippen molar-refractivity contribution in [2.24, 2.45) is 7.05 Å². The molecule has 0 spiro atoms. The van der Waals surface area contributed by atoms with Gasteiger partial charge in [-0.3, -0.25) is 14.2 Å². The van der Waals surface area contributed by atoms with E-state index in [1.807, 2.05) is 6.92 Å². The summed E-state index contributed by atoms with van der Waals surface area (Å²) in [5.74, 6) is 0.559. The molecule has 1 heterocycles. The number of nitrogens with one attached hydrogen (secondary N) is 1. The average molecular weight is 406 g/mol. The van der Waals surface area contributed by atoms with Crippen molar-refractivity contribution in [3.8, 4) is 0 Å². The van der Waals surface area contributed by atoms with E-state index in [2.05, 4.69) is 10.3 Å². The second-order valence-corrected chi connectivity index (χ2v) is 7.81. The molecule has 1 aromatic heterocycles. The van der Waals surface area contributed by atoms with Crippen molar-refractivity contribution in [3.63, 3.8) is 0 Å². The van der Waals surface area contributed by atoms with E-state index in [9.17, 15) is 14.0 Å². The Morgan fingerprint density at radius 1 is 1.29 bits per heavy atom. The largest absolute Gasteiger partial charge is 0.356 e. The van der Waals surface area contributed by atoms with E-state index in [4.69, 9.17) is 0 Å². The van der Waals surface area contributed by atoms with Crippen molar-refractivity contribution in [2.45, 2.75) is 51.1 Å². The van der Waals surface area contributed by atoms with Gasteiger partial charge in [0.15, 0.2) is 5.16 Å². The molecule has 2 aromatic rings. The zero-order valence-electron chi connectivity index (χ0n) is 16.8. The standard InChI is InChI=1S/C21H28FN3O2S/c1-4-12-23-19(26)11-7-8-13-28-21-24-15(2)17(20(27)25(21)3)14-16-9-5-6-10-18(16)22/h5-6,9-10H,4,7-8,11-14H2,1-3H3,(H,23,26). The number of halogens is 1. The van der Waals surface area contributed by atoms with E-state index >= 15 is 0 Å². The highest BCUT2D eigenvalue weighted by atomic mass is 32.2. The van der Waals surface area contributed by atoms with Gasteiger partial charge in [0.05, 0.1) is 0 Å². The number of amides is 1. The number of aromatic nitrogens is 2. The molecule has 152 valence electrons. The summed E-state index contributed by atoms with van der Waals surface area (Å²) < 4.78 is 15.5. The Morgan fingerprint density at radius 2 is 2.04 bits per heavy atom. The lowest BCUT2D eigenvalue weighted by atomic mass is 10.0. The molecule has 0 aliphatic rings. The summed E-state index contributed by atoms with van der Waals surface area (Å²) >= 11 is 1.51. The molecule has 0 radical (unpaired) electrons. The Balaban J connectivity index is 1.95. The van der Waals surface area contributed by atoms with Crippen LogP contribution in [0.2, 0.25) is 0 Å². The topological polar surface area (TPSA) is 64.0 Å². The summed E-state index contributed by atoms with van der Waals surface area (Å²) in [4.78, 5) is 28.9. The number of carbonyl (C=O) groups excluding carboxylic acids is 1. The minimum atomic E-state index is -0.314. The monoisotopic (exact) mass is 405 g/mol. The molecule has 5 nitrogen and oxygen atoms in total. The van der Waals surface area contributed by atoms with Gasteiger partial charge in [-0.1, -0.05) is 36.9 Å². The molecular formula is C21H28FN3O2S. The predicted molar refractivity (Wildman–Crippen MR) is 111 cm³/mol. The lowest BCUT2D eigenvalue weighted by Crippen LogP contribution is -2.26. The fraction of sp³-hybridized carbons (Fsp3) is 0.476. The van der Waals surface area contributed by atoms with E-state index in [-0.39, 0.29) is 23.7 Å². The molecule has 0 unspecified atom stereocenters. The molecule has 0 saturated heterocycles. The maximum Gasteiger partial charge on any atom is 0.257 e. The minimum absolute atomic E-state index is 0.0886. The first-order chi connectivity index (χ1) is 13.4. The van der Waals surface area contributed by atoms with Gasteiger partial charge in [-0.2, -0.15) is 0 Å². The van der Waals surface area contributed by atoms with Crippen molar-refractivity contribution in [3.05, 3.63) is 57.3 Å². The molecule has 28 heavy (non-hydrogen) atoms. The second-order valence-electron chi connectivity index (χ2n) is 6.75. The first-order valence-electron chi connectivity index (χ1n) is 9.63.